The monoisotopic (exact) mass is 353 g/mol. The van der Waals surface area contributed by atoms with Gasteiger partial charge in [0.1, 0.15) is 0 Å². The lowest BCUT2D eigenvalue weighted by Gasteiger charge is -2.09. The maximum absolute atomic E-state index is 11.9. The van der Waals surface area contributed by atoms with Gasteiger partial charge in [0.2, 0.25) is 0 Å². The van der Waals surface area contributed by atoms with E-state index >= 15 is 0 Å². The van der Waals surface area contributed by atoms with Gasteiger partial charge in [-0.2, -0.15) is 5.10 Å². The number of hydrazone groups is 1. The van der Waals surface area contributed by atoms with Gasteiger partial charge in [0, 0.05) is 5.69 Å². The molecule has 134 valence electrons. The van der Waals surface area contributed by atoms with Crippen molar-refractivity contribution in [2.45, 2.75) is 13.8 Å². The summed E-state index contributed by atoms with van der Waals surface area (Å²) in [7, 11) is 1.30. The van der Waals surface area contributed by atoms with Crippen LogP contribution in [-0.2, 0) is 14.3 Å². The zero-order valence-electron chi connectivity index (χ0n) is 14.7. The van der Waals surface area contributed by atoms with E-state index in [9.17, 15) is 14.4 Å². The third kappa shape index (κ3) is 4.76. The molecule has 7 heteroatoms. The summed E-state index contributed by atoms with van der Waals surface area (Å²) in [5.74, 6) is -2.13. The van der Waals surface area contributed by atoms with Crippen LogP contribution >= 0.6 is 0 Å². The van der Waals surface area contributed by atoms with Gasteiger partial charge in [-0.15, -0.1) is 0 Å². The second-order valence-electron chi connectivity index (χ2n) is 5.51. The minimum absolute atomic E-state index is 0.404. The number of rotatable bonds is 4. The molecule has 0 atom stereocenters. The molecule has 0 bridgehead atoms. The molecular weight excluding hydrogens is 334 g/mol. The quantitative estimate of drug-likeness (QED) is 0.381. The first-order chi connectivity index (χ1) is 12.4. The fraction of sp³-hybridized carbons (Fsp3) is 0.158. The summed E-state index contributed by atoms with van der Waals surface area (Å²) in [4.78, 5) is 35.1. The van der Waals surface area contributed by atoms with Crippen molar-refractivity contribution < 1.29 is 19.1 Å². The van der Waals surface area contributed by atoms with Gasteiger partial charge in [-0.1, -0.05) is 24.3 Å². The van der Waals surface area contributed by atoms with Gasteiger partial charge >= 0.3 is 17.8 Å². The topological polar surface area (TPSA) is 96.9 Å². The van der Waals surface area contributed by atoms with E-state index in [-0.39, 0.29) is 0 Å². The Morgan fingerprint density at radius 2 is 1.69 bits per heavy atom. The number of esters is 1. The standard InChI is InChI=1S/C19H19N3O4/c1-12-5-4-6-16(13(12)2)21-17(23)18(24)22-20-11-14-7-9-15(10-8-14)19(25)26-3/h4-11H,1-3H3,(H,21,23)(H,22,24)/b20-11+. The summed E-state index contributed by atoms with van der Waals surface area (Å²) >= 11 is 0. The number of carbonyl (C=O) groups excluding carboxylic acids is 3. The second kappa shape index (κ2) is 8.57. The maximum atomic E-state index is 11.9. The third-order valence-corrected chi connectivity index (χ3v) is 3.77. The molecule has 0 unspecified atom stereocenters. The van der Waals surface area contributed by atoms with Gasteiger partial charge in [-0.25, -0.2) is 10.2 Å². The van der Waals surface area contributed by atoms with E-state index in [2.05, 4.69) is 20.6 Å². The van der Waals surface area contributed by atoms with Gasteiger partial charge in [-0.3, -0.25) is 9.59 Å². The van der Waals surface area contributed by atoms with Crippen molar-refractivity contribution in [3.63, 3.8) is 0 Å². The number of hydrogen-bond acceptors (Lipinski definition) is 5. The van der Waals surface area contributed by atoms with Crippen LogP contribution in [0.4, 0.5) is 5.69 Å². The Hall–Kier alpha value is -3.48. The van der Waals surface area contributed by atoms with Crippen LogP contribution in [0, 0.1) is 13.8 Å². The number of carbonyl (C=O) groups is 3. The van der Waals surface area contributed by atoms with Crippen LogP contribution in [0.15, 0.2) is 47.6 Å². The minimum atomic E-state index is -0.881. The molecule has 2 aromatic rings. The van der Waals surface area contributed by atoms with Crippen molar-refractivity contribution in [2.75, 3.05) is 12.4 Å². The third-order valence-electron chi connectivity index (χ3n) is 3.77. The normalized spacial score (nSPS) is 10.4. The maximum Gasteiger partial charge on any atom is 0.337 e. The van der Waals surface area contributed by atoms with Crippen molar-refractivity contribution in [3.05, 3.63) is 64.7 Å². The Balaban J connectivity index is 1.93. The van der Waals surface area contributed by atoms with E-state index in [1.807, 2.05) is 19.9 Å². The highest BCUT2D eigenvalue weighted by atomic mass is 16.5. The molecule has 0 saturated heterocycles. The van der Waals surface area contributed by atoms with E-state index in [0.717, 1.165) is 11.1 Å². The van der Waals surface area contributed by atoms with Crippen LogP contribution in [0.1, 0.15) is 27.0 Å². The average Bonchev–Trinajstić information content (AvgIpc) is 2.65. The molecule has 2 amide bonds. The first kappa shape index (κ1) is 18.9. The molecule has 2 N–H and O–H groups in total. The lowest BCUT2D eigenvalue weighted by molar-refractivity contribution is -0.136. The molecule has 2 rings (SSSR count). The van der Waals surface area contributed by atoms with Crippen LogP contribution in [0.25, 0.3) is 0 Å². The van der Waals surface area contributed by atoms with E-state index in [1.165, 1.54) is 13.3 Å². The number of nitrogens with zero attached hydrogens (tertiary/aromatic N) is 1. The molecule has 0 heterocycles. The van der Waals surface area contributed by atoms with Crippen molar-refractivity contribution in [3.8, 4) is 0 Å². The predicted molar refractivity (Wildman–Crippen MR) is 98.1 cm³/mol. The number of anilines is 1. The van der Waals surface area contributed by atoms with E-state index in [0.29, 0.717) is 16.8 Å². The molecule has 26 heavy (non-hydrogen) atoms. The van der Waals surface area contributed by atoms with E-state index in [4.69, 9.17) is 0 Å². The zero-order valence-corrected chi connectivity index (χ0v) is 14.7. The fourth-order valence-corrected chi connectivity index (χ4v) is 2.10. The van der Waals surface area contributed by atoms with Crippen molar-refractivity contribution in [1.82, 2.24) is 5.43 Å². The molecule has 0 saturated carbocycles. The summed E-state index contributed by atoms with van der Waals surface area (Å²) in [6.07, 6.45) is 1.37. The Morgan fingerprint density at radius 3 is 2.35 bits per heavy atom. The first-order valence-corrected chi connectivity index (χ1v) is 7.81. The van der Waals surface area contributed by atoms with Crippen molar-refractivity contribution in [1.29, 1.82) is 0 Å². The molecule has 0 aliphatic heterocycles. The van der Waals surface area contributed by atoms with E-state index in [1.54, 1.807) is 36.4 Å². The van der Waals surface area contributed by atoms with Crippen LogP contribution in [0.3, 0.4) is 0 Å². The van der Waals surface area contributed by atoms with Crippen LogP contribution in [-0.4, -0.2) is 31.1 Å². The minimum Gasteiger partial charge on any atom is -0.465 e. The first-order valence-electron chi connectivity index (χ1n) is 7.81. The Morgan fingerprint density at radius 1 is 1.00 bits per heavy atom. The van der Waals surface area contributed by atoms with Gasteiger partial charge in [0.05, 0.1) is 18.9 Å². The second-order valence-corrected chi connectivity index (χ2v) is 5.51. The molecule has 0 fully saturated rings. The van der Waals surface area contributed by atoms with Crippen molar-refractivity contribution in [2.24, 2.45) is 5.10 Å². The highest BCUT2D eigenvalue weighted by molar-refractivity contribution is 6.39. The van der Waals surface area contributed by atoms with Crippen LogP contribution < -0.4 is 10.7 Å². The molecule has 0 radical (unpaired) electrons. The predicted octanol–water partition coefficient (Wildman–Crippen LogP) is 2.18. The number of nitrogens with one attached hydrogen (secondary N) is 2. The Labute approximate surface area is 151 Å². The molecular formula is C19H19N3O4. The highest BCUT2D eigenvalue weighted by Gasteiger charge is 2.14. The molecule has 0 aliphatic carbocycles. The largest absolute Gasteiger partial charge is 0.465 e. The number of methoxy groups -OCH3 is 1. The summed E-state index contributed by atoms with van der Waals surface area (Å²) in [5.41, 5.74) is 5.69. The summed E-state index contributed by atoms with van der Waals surface area (Å²) in [6, 6.07) is 11.9. The summed E-state index contributed by atoms with van der Waals surface area (Å²) < 4.78 is 4.61. The number of aryl methyl sites for hydroxylation is 1. The van der Waals surface area contributed by atoms with Gasteiger partial charge in [0.25, 0.3) is 0 Å². The zero-order chi connectivity index (χ0) is 19.1. The van der Waals surface area contributed by atoms with Crippen LogP contribution in [0.5, 0.6) is 0 Å². The highest BCUT2D eigenvalue weighted by Crippen LogP contribution is 2.17. The lowest BCUT2D eigenvalue weighted by Crippen LogP contribution is -2.32. The molecule has 0 aliphatic rings. The Kier molecular flexibility index (Phi) is 6.21. The SMILES string of the molecule is COC(=O)c1ccc(/C=N/NC(=O)C(=O)Nc2cccc(C)c2C)cc1. The number of amides is 2. The van der Waals surface area contributed by atoms with Gasteiger partial charge in [0.15, 0.2) is 0 Å². The molecule has 7 nitrogen and oxygen atoms in total. The van der Waals surface area contributed by atoms with Crippen LogP contribution in [0.2, 0.25) is 0 Å². The molecule has 0 aromatic heterocycles. The average molecular weight is 353 g/mol. The molecule has 2 aromatic carbocycles. The number of benzene rings is 2. The number of hydrogen-bond donors (Lipinski definition) is 2. The lowest BCUT2D eigenvalue weighted by atomic mass is 10.1. The van der Waals surface area contributed by atoms with Crippen molar-refractivity contribution >= 4 is 29.7 Å². The fourth-order valence-electron chi connectivity index (χ4n) is 2.10. The summed E-state index contributed by atoms with van der Waals surface area (Å²) in [6.45, 7) is 3.78. The van der Waals surface area contributed by atoms with Gasteiger partial charge in [-0.05, 0) is 48.7 Å². The van der Waals surface area contributed by atoms with Gasteiger partial charge < -0.3 is 10.1 Å². The van der Waals surface area contributed by atoms with E-state index < -0.39 is 17.8 Å². The smallest absolute Gasteiger partial charge is 0.337 e. The Bertz CT molecular complexity index is 858. The summed E-state index contributed by atoms with van der Waals surface area (Å²) in [5, 5.41) is 6.29. The number of ether oxygens (including phenoxy) is 1. The molecule has 0 spiro atoms.